The van der Waals surface area contributed by atoms with Crippen molar-refractivity contribution >= 4 is 0 Å². The van der Waals surface area contributed by atoms with Gasteiger partial charge in [0.25, 0.3) is 0 Å². The third-order valence-corrected chi connectivity index (χ3v) is 3.28. The molecule has 3 heteroatoms. The van der Waals surface area contributed by atoms with Gasteiger partial charge in [0.1, 0.15) is 18.1 Å². The summed E-state index contributed by atoms with van der Waals surface area (Å²) in [6, 6.07) is 4.05. The van der Waals surface area contributed by atoms with Crippen LogP contribution in [0.3, 0.4) is 0 Å². The third kappa shape index (κ3) is 4.17. The number of hydrogen-bond donors (Lipinski definition) is 1. The van der Waals surface area contributed by atoms with Gasteiger partial charge in [0.15, 0.2) is 0 Å². The second kappa shape index (κ2) is 6.82. The molecule has 0 spiro atoms. The highest BCUT2D eigenvalue weighted by atomic mass is 16.5. The van der Waals surface area contributed by atoms with Crippen LogP contribution in [0.25, 0.3) is 0 Å². The first-order valence-electron chi connectivity index (χ1n) is 6.78. The van der Waals surface area contributed by atoms with Crippen LogP contribution in [0.15, 0.2) is 16.5 Å². The minimum absolute atomic E-state index is 0.450. The van der Waals surface area contributed by atoms with Gasteiger partial charge in [-0.25, -0.2) is 0 Å². The lowest BCUT2D eigenvalue weighted by molar-refractivity contribution is 0.00836. The van der Waals surface area contributed by atoms with Crippen LogP contribution in [0.1, 0.15) is 50.5 Å². The zero-order chi connectivity index (χ0) is 11.9. The maximum atomic E-state index is 5.87. The summed E-state index contributed by atoms with van der Waals surface area (Å²) < 4.78 is 11.6. The van der Waals surface area contributed by atoms with Crippen molar-refractivity contribution in [3.8, 4) is 0 Å². The first-order valence-corrected chi connectivity index (χ1v) is 6.78. The van der Waals surface area contributed by atoms with Crippen molar-refractivity contribution in [2.24, 2.45) is 0 Å². The highest BCUT2D eigenvalue weighted by molar-refractivity contribution is 5.06. The van der Waals surface area contributed by atoms with E-state index in [0.717, 1.165) is 24.6 Å². The van der Waals surface area contributed by atoms with Crippen LogP contribution < -0.4 is 5.32 Å². The van der Waals surface area contributed by atoms with Gasteiger partial charge < -0.3 is 14.5 Å². The van der Waals surface area contributed by atoms with Gasteiger partial charge in [-0.15, -0.1) is 0 Å². The minimum atomic E-state index is 0.450. The first kappa shape index (κ1) is 12.7. The Morgan fingerprint density at radius 3 is 2.76 bits per heavy atom. The van der Waals surface area contributed by atoms with Gasteiger partial charge in [-0.1, -0.05) is 26.2 Å². The van der Waals surface area contributed by atoms with Crippen molar-refractivity contribution in [2.45, 2.75) is 58.3 Å². The quantitative estimate of drug-likeness (QED) is 0.824. The summed E-state index contributed by atoms with van der Waals surface area (Å²) >= 11 is 0. The zero-order valence-corrected chi connectivity index (χ0v) is 10.7. The molecule has 1 aromatic heterocycles. The first-order chi connectivity index (χ1) is 8.38. The maximum absolute atomic E-state index is 5.87. The molecule has 1 aliphatic carbocycles. The van der Waals surface area contributed by atoms with E-state index in [1.807, 2.05) is 12.1 Å². The predicted molar refractivity (Wildman–Crippen MR) is 67.8 cm³/mol. The number of ether oxygens (including phenoxy) is 1. The van der Waals surface area contributed by atoms with Crippen LogP contribution in [0.5, 0.6) is 0 Å². The third-order valence-electron chi connectivity index (χ3n) is 3.28. The molecule has 0 amide bonds. The van der Waals surface area contributed by atoms with Gasteiger partial charge in [0.2, 0.25) is 0 Å². The molecule has 1 fully saturated rings. The second-order valence-corrected chi connectivity index (χ2v) is 4.72. The molecule has 0 atom stereocenters. The van der Waals surface area contributed by atoms with Crippen molar-refractivity contribution in [2.75, 3.05) is 6.54 Å². The summed E-state index contributed by atoms with van der Waals surface area (Å²) in [5.41, 5.74) is 0. The summed E-state index contributed by atoms with van der Waals surface area (Å²) in [5.74, 6) is 1.94. The normalized spacial score (nSPS) is 17.5. The summed E-state index contributed by atoms with van der Waals surface area (Å²) in [7, 11) is 0. The predicted octanol–water partition coefficient (Wildman–Crippen LogP) is 3.24. The van der Waals surface area contributed by atoms with Crippen LogP contribution in [0.4, 0.5) is 0 Å². The Morgan fingerprint density at radius 1 is 1.24 bits per heavy atom. The van der Waals surface area contributed by atoms with Crippen LogP contribution in [-0.2, 0) is 17.9 Å². The van der Waals surface area contributed by atoms with Crippen LogP contribution in [0.2, 0.25) is 0 Å². The molecular formula is C14H23NO2. The highest BCUT2D eigenvalue weighted by Crippen LogP contribution is 2.21. The Labute approximate surface area is 104 Å². The van der Waals surface area contributed by atoms with E-state index in [2.05, 4.69) is 12.2 Å². The standard InChI is InChI=1S/C14H23NO2/c1-2-15-10-13-8-9-14(17-13)11-16-12-6-4-3-5-7-12/h8-9,12,15H,2-7,10-11H2,1H3. The van der Waals surface area contributed by atoms with E-state index in [0.29, 0.717) is 12.7 Å². The summed E-state index contributed by atoms with van der Waals surface area (Å²) in [6.07, 6.45) is 6.87. The van der Waals surface area contributed by atoms with Gasteiger partial charge in [0.05, 0.1) is 12.6 Å². The number of furan rings is 1. The molecule has 0 saturated heterocycles. The molecule has 0 aliphatic heterocycles. The molecule has 0 radical (unpaired) electrons. The molecule has 96 valence electrons. The molecule has 1 N–H and O–H groups in total. The Balaban J connectivity index is 1.72. The Bertz CT molecular complexity index is 316. The zero-order valence-electron chi connectivity index (χ0n) is 10.7. The van der Waals surface area contributed by atoms with Crippen molar-refractivity contribution in [1.82, 2.24) is 5.32 Å². The van der Waals surface area contributed by atoms with Crippen LogP contribution in [0, 0.1) is 0 Å². The topological polar surface area (TPSA) is 34.4 Å². The highest BCUT2D eigenvalue weighted by Gasteiger charge is 2.14. The lowest BCUT2D eigenvalue weighted by atomic mass is 9.98. The molecule has 2 rings (SSSR count). The van der Waals surface area contributed by atoms with E-state index < -0.39 is 0 Å². The van der Waals surface area contributed by atoms with Crippen LogP contribution in [-0.4, -0.2) is 12.6 Å². The number of nitrogens with one attached hydrogen (secondary N) is 1. The van der Waals surface area contributed by atoms with Crippen molar-refractivity contribution in [3.05, 3.63) is 23.7 Å². The molecule has 0 aromatic carbocycles. The lowest BCUT2D eigenvalue weighted by Crippen LogP contribution is -2.16. The molecule has 17 heavy (non-hydrogen) atoms. The average Bonchev–Trinajstić information content (AvgIpc) is 2.83. The fourth-order valence-corrected chi connectivity index (χ4v) is 2.27. The Hall–Kier alpha value is -0.800. The molecule has 0 unspecified atom stereocenters. The van der Waals surface area contributed by atoms with Gasteiger partial charge in [-0.05, 0) is 31.5 Å². The average molecular weight is 237 g/mol. The smallest absolute Gasteiger partial charge is 0.129 e. The van der Waals surface area contributed by atoms with E-state index in [1.54, 1.807) is 0 Å². The van der Waals surface area contributed by atoms with E-state index in [4.69, 9.17) is 9.15 Å². The second-order valence-electron chi connectivity index (χ2n) is 4.72. The van der Waals surface area contributed by atoms with E-state index in [1.165, 1.54) is 32.1 Å². The Morgan fingerprint density at radius 2 is 2.00 bits per heavy atom. The monoisotopic (exact) mass is 237 g/mol. The molecular weight excluding hydrogens is 214 g/mol. The van der Waals surface area contributed by atoms with Crippen molar-refractivity contribution in [1.29, 1.82) is 0 Å². The largest absolute Gasteiger partial charge is 0.462 e. The fourth-order valence-electron chi connectivity index (χ4n) is 2.27. The number of hydrogen-bond acceptors (Lipinski definition) is 3. The molecule has 0 bridgehead atoms. The van der Waals surface area contributed by atoms with Gasteiger partial charge in [-0.2, -0.15) is 0 Å². The molecule has 1 heterocycles. The fraction of sp³-hybridized carbons (Fsp3) is 0.714. The van der Waals surface area contributed by atoms with Crippen molar-refractivity contribution < 1.29 is 9.15 Å². The van der Waals surface area contributed by atoms with Gasteiger partial charge in [-0.3, -0.25) is 0 Å². The van der Waals surface area contributed by atoms with Gasteiger partial charge >= 0.3 is 0 Å². The summed E-state index contributed by atoms with van der Waals surface area (Å²) in [5, 5.41) is 3.25. The molecule has 3 nitrogen and oxygen atoms in total. The maximum Gasteiger partial charge on any atom is 0.129 e. The minimum Gasteiger partial charge on any atom is -0.462 e. The van der Waals surface area contributed by atoms with E-state index >= 15 is 0 Å². The van der Waals surface area contributed by atoms with Gasteiger partial charge in [0, 0.05) is 0 Å². The summed E-state index contributed by atoms with van der Waals surface area (Å²) in [6.45, 7) is 4.49. The van der Waals surface area contributed by atoms with E-state index in [-0.39, 0.29) is 0 Å². The number of rotatable bonds is 6. The van der Waals surface area contributed by atoms with E-state index in [9.17, 15) is 0 Å². The summed E-state index contributed by atoms with van der Waals surface area (Å²) in [4.78, 5) is 0. The van der Waals surface area contributed by atoms with Crippen LogP contribution >= 0.6 is 0 Å². The molecule has 1 aromatic rings. The lowest BCUT2D eigenvalue weighted by Gasteiger charge is -2.21. The van der Waals surface area contributed by atoms with Crippen molar-refractivity contribution in [3.63, 3.8) is 0 Å². The molecule has 1 saturated carbocycles. The SMILES string of the molecule is CCNCc1ccc(COC2CCCCC2)o1. The Kier molecular flexibility index (Phi) is 5.08. The molecule has 1 aliphatic rings.